The summed E-state index contributed by atoms with van der Waals surface area (Å²) in [4.78, 5) is 31.5. The van der Waals surface area contributed by atoms with E-state index in [-0.39, 0.29) is 16.8 Å². The second-order valence-corrected chi connectivity index (χ2v) is 9.23. The lowest BCUT2D eigenvalue weighted by molar-refractivity contribution is -0.123. The van der Waals surface area contributed by atoms with Crippen molar-refractivity contribution in [3.8, 4) is 0 Å². The van der Waals surface area contributed by atoms with E-state index in [1.165, 1.54) is 57.8 Å². The van der Waals surface area contributed by atoms with Gasteiger partial charge in [0.15, 0.2) is 5.78 Å². The zero-order valence-corrected chi connectivity index (χ0v) is 17.3. The number of ketones is 2. The number of hydrogen-bond acceptors (Lipinski definition) is 3. The summed E-state index contributed by atoms with van der Waals surface area (Å²) in [5.41, 5.74) is 1.14. The topological polar surface area (TPSA) is 51.2 Å². The molecule has 0 saturated heterocycles. The number of Topliss-reactive ketones (excluding diaryl/α,β-unsaturated/α-hetero) is 1. The molecule has 0 aromatic rings. The number of carbonyl (C=O) groups is 3. The first-order valence-corrected chi connectivity index (χ1v) is 10.7. The number of rotatable bonds is 1. The highest BCUT2D eigenvalue weighted by atomic mass is 16.1. The van der Waals surface area contributed by atoms with Gasteiger partial charge in [0, 0.05) is 42.0 Å². The van der Waals surface area contributed by atoms with E-state index in [1.54, 1.807) is 6.08 Å². The van der Waals surface area contributed by atoms with Crippen LogP contribution in [0.5, 0.6) is 0 Å². The van der Waals surface area contributed by atoms with Crippen molar-refractivity contribution in [1.82, 2.24) is 0 Å². The third-order valence-corrected chi connectivity index (χ3v) is 7.47. The van der Waals surface area contributed by atoms with Crippen molar-refractivity contribution in [2.45, 2.75) is 96.3 Å². The van der Waals surface area contributed by atoms with Crippen molar-refractivity contribution in [1.29, 1.82) is 0 Å². The monoisotopic (exact) mass is 380 g/mol. The standard InChI is InChI=1S/C9H14O.C9H12O.C5H8O.2B/c2*10-8-2-6-9(7-3-8)4-1-5-9;6-4-5-2-1-3-5;;/h1-7H2;2,6H,1,3-5,7H2;4-5H,1-3H2;;. The fourth-order valence-corrected chi connectivity index (χ4v) is 4.67. The summed E-state index contributed by atoms with van der Waals surface area (Å²) in [6, 6.07) is 0. The molecule has 0 amide bonds. The van der Waals surface area contributed by atoms with Gasteiger partial charge in [-0.15, -0.1) is 0 Å². The molecule has 0 bridgehead atoms. The molecule has 0 aromatic heterocycles. The maximum atomic E-state index is 10.9. The predicted molar refractivity (Wildman–Crippen MR) is 114 cm³/mol. The molecule has 0 aliphatic heterocycles. The van der Waals surface area contributed by atoms with Crippen LogP contribution in [0, 0.1) is 16.7 Å². The molecular weight excluding hydrogens is 346 g/mol. The second-order valence-electron chi connectivity index (χ2n) is 9.23. The van der Waals surface area contributed by atoms with Gasteiger partial charge in [0.05, 0.1) is 0 Å². The minimum Gasteiger partial charge on any atom is -0.303 e. The molecule has 0 unspecified atom stereocenters. The van der Waals surface area contributed by atoms with Crippen molar-refractivity contribution >= 4 is 34.7 Å². The van der Waals surface area contributed by atoms with Crippen molar-refractivity contribution in [2.75, 3.05) is 0 Å². The zero-order valence-electron chi connectivity index (χ0n) is 17.3. The minimum absolute atomic E-state index is 0. The highest BCUT2D eigenvalue weighted by Crippen LogP contribution is 2.50. The molecule has 28 heavy (non-hydrogen) atoms. The quantitative estimate of drug-likeness (QED) is 0.494. The van der Waals surface area contributed by atoms with Crippen LogP contribution in [-0.2, 0) is 14.4 Å². The Balaban J connectivity index is 0.000000209. The largest absolute Gasteiger partial charge is 0.303 e. The van der Waals surface area contributed by atoms with Crippen molar-refractivity contribution in [2.24, 2.45) is 16.7 Å². The normalized spacial score (nSPS) is 25.9. The van der Waals surface area contributed by atoms with Crippen molar-refractivity contribution < 1.29 is 14.4 Å². The van der Waals surface area contributed by atoms with Crippen LogP contribution >= 0.6 is 0 Å². The molecule has 5 aliphatic rings. The predicted octanol–water partition coefficient (Wildman–Crippen LogP) is 4.60. The Kier molecular flexibility index (Phi) is 9.94. The summed E-state index contributed by atoms with van der Waals surface area (Å²) >= 11 is 0. The Morgan fingerprint density at radius 3 is 1.68 bits per heavy atom. The molecule has 0 atom stereocenters. The van der Waals surface area contributed by atoms with Gasteiger partial charge in [-0.05, 0) is 74.7 Å². The van der Waals surface area contributed by atoms with Crippen LogP contribution in [0.3, 0.4) is 0 Å². The summed E-state index contributed by atoms with van der Waals surface area (Å²) in [7, 11) is 0. The third-order valence-electron chi connectivity index (χ3n) is 7.47. The SMILES string of the molecule is O=C1C=CC2(CCC2)CC1.O=C1CCC2(CCC2)CC1.O=CC1CCC1.[B].[B]. The lowest BCUT2D eigenvalue weighted by Crippen LogP contribution is -2.33. The average Bonchev–Trinajstić information content (AvgIpc) is 2.54. The van der Waals surface area contributed by atoms with Gasteiger partial charge in [-0.3, -0.25) is 9.59 Å². The molecule has 0 N–H and O–H groups in total. The van der Waals surface area contributed by atoms with Crippen LogP contribution in [-0.4, -0.2) is 34.7 Å². The molecule has 0 heterocycles. The first-order chi connectivity index (χ1) is 12.5. The number of hydrogen-bond donors (Lipinski definition) is 0. The number of carbonyl (C=O) groups excluding carboxylic acids is 3. The summed E-state index contributed by atoms with van der Waals surface area (Å²) in [5.74, 6) is 1.25. The molecule has 5 heteroatoms. The smallest absolute Gasteiger partial charge is 0.155 e. The first kappa shape index (κ1) is 24.9. The first-order valence-electron chi connectivity index (χ1n) is 10.7. The van der Waals surface area contributed by atoms with Crippen LogP contribution in [0.1, 0.15) is 96.3 Å². The van der Waals surface area contributed by atoms with Crippen LogP contribution in [0.4, 0.5) is 0 Å². The average molecular weight is 380 g/mol. The molecule has 3 nitrogen and oxygen atoms in total. The molecule has 150 valence electrons. The van der Waals surface area contributed by atoms with E-state index in [0.717, 1.165) is 44.8 Å². The summed E-state index contributed by atoms with van der Waals surface area (Å²) in [6.45, 7) is 0. The Hall–Kier alpha value is -1.12. The van der Waals surface area contributed by atoms with Crippen LogP contribution in [0.2, 0.25) is 0 Å². The van der Waals surface area contributed by atoms with E-state index in [9.17, 15) is 14.4 Å². The van der Waals surface area contributed by atoms with Gasteiger partial charge in [-0.1, -0.05) is 25.3 Å². The molecule has 5 rings (SSSR count). The van der Waals surface area contributed by atoms with E-state index in [2.05, 4.69) is 6.08 Å². The number of allylic oxidation sites excluding steroid dienone is 2. The Labute approximate surface area is 174 Å². The summed E-state index contributed by atoms with van der Waals surface area (Å²) in [6.07, 6.45) is 22.8. The lowest BCUT2D eigenvalue weighted by atomic mass is 9.61. The highest BCUT2D eigenvalue weighted by Gasteiger charge is 2.39. The van der Waals surface area contributed by atoms with Crippen LogP contribution in [0.25, 0.3) is 0 Å². The maximum Gasteiger partial charge on any atom is 0.155 e. The van der Waals surface area contributed by atoms with Gasteiger partial charge >= 0.3 is 0 Å². The van der Waals surface area contributed by atoms with Crippen molar-refractivity contribution in [3.05, 3.63) is 12.2 Å². The molecule has 4 fully saturated rings. The fourth-order valence-electron chi connectivity index (χ4n) is 4.67. The molecule has 0 aromatic carbocycles. The summed E-state index contributed by atoms with van der Waals surface area (Å²) in [5, 5.41) is 0. The molecule has 4 saturated carbocycles. The van der Waals surface area contributed by atoms with E-state index in [4.69, 9.17) is 0 Å². The maximum absolute atomic E-state index is 10.9. The summed E-state index contributed by atoms with van der Waals surface area (Å²) < 4.78 is 0. The van der Waals surface area contributed by atoms with Gasteiger partial charge in [0.1, 0.15) is 12.1 Å². The van der Waals surface area contributed by atoms with Gasteiger partial charge < -0.3 is 4.79 Å². The molecule has 6 radical (unpaired) electrons. The fraction of sp³-hybridized carbons (Fsp3) is 0.783. The van der Waals surface area contributed by atoms with E-state index >= 15 is 0 Å². The van der Waals surface area contributed by atoms with Gasteiger partial charge in [-0.2, -0.15) is 0 Å². The molecule has 5 aliphatic carbocycles. The second kappa shape index (κ2) is 11.2. The zero-order chi connectivity index (χ0) is 18.5. The van der Waals surface area contributed by atoms with Crippen LogP contribution in [0.15, 0.2) is 12.2 Å². The van der Waals surface area contributed by atoms with E-state index in [1.807, 2.05) is 0 Å². The number of aldehydes is 1. The Morgan fingerprint density at radius 1 is 0.786 bits per heavy atom. The minimum atomic E-state index is 0. The third kappa shape index (κ3) is 6.46. The highest BCUT2D eigenvalue weighted by molar-refractivity contribution is 5.90. The van der Waals surface area contributed by atoms with Gasteiger partial charge in [0.2, 0.25) is 0 Å². The molecular formula is C23H34B2O3. The van der Waals surface area contributed by atoms with Crippen molar-refractivity contribution in [3.63, 3.8) is 0 Å². The van der Waals surface area contributed by atoms with Gasteiger partial charge in [0.25, 0.3) is 0 Å². The lowest BCUT2D eigenvalue weighted by Gasteiger charge is -2.44. The van der Waals surface area contributed by atoms with E-state index < -0.39 is 0 Å². The Morgan fingerprint density at radius 2 is 1.39 bits per heavy atom. The van der Waals surface area contributed by atoms with Gasteiger partial charge in [-0.25, -0.2) is 0 Å². The van der Waals surface area contributed by atoms with E-state index in [0.29, 0.717) is 28.3 Å². The molecule has 2 spiro atoms. The Bertz CT molecular complexity index is 546. The van der Waals surface area contributed by atoms with Crippen LogP contribution < -0.4 is 0 Å².